The zero-order valence-electron chi connectivity index (χ0n) is 24.0. The van der Waals surface area contributed by atoms with E-state index in [-0.39, 0.29) is 17.2 Å². The van der Waals surface area contributed by atoms with Crippen molar-refractivity contribution in [1.82, 2.24) is 30.0 Å². The van der Waals surface area contributed by atoms with Crippen molar-refractivity contribution < 1.29 is 58.0 Å². The number of nitrogens with zero attached hydrogens (tertiary/aromatic N) is 6. The summed E-state index contributed by atoms with van der Waals surface area (Å²) in [7, 11) is 0. The molecule has 10 atom stereocenters. The number of hydrogen-bond acceptors (Lipinski definition) is 14. The summed E-state index contributed by atoms with van der Waals surface area (Å²) in [5.74, 6) is -4.48. The molecule has 0 amide bonds. The zero-order valence-corrected chi connectivity index (χ0v) is 24.9. The molecule has 19 heteroatoms. The second kappa shape index (κ2) is 13.8. The third kappa shape index (κ3) is 6.28. The first-order chi connectivity index (χ1) is 22.1. The number of benzene rings is 1. The lowest BCUT2D eigenvalue weighted by Crippen LogP contribution is -2.58. The number of halogens is 3. The van der Waals surface area contributed by atoms with Gasteiger partial charge in [0.25, 0.3) is 0 Å². The van der Waals surface area contributed by atoms with Gasteiger partial charge in [0.05, 0.1) is 25.1 Å². The predicted molar refractivity (Wildman–Crippen MR) is 149 cm³/mol. The Kier molecular flexibility index (Phi) is 9.95. The van der Waals surface area contributed by atoms with Gasteiger partial charge in [0.1, 0.15) is 65.3 Å². The quantitative estimate of drug-likeness (QED) is 0.162. The Hall–Kier alpha value is -2.72. The maximum Gasteiger partial charge on any atom is 0.194 e. The van der Waals surface area contributed by atoms with Crippen molar-refractivity contribution in [1.29, 1.82) is 0 Å². The molecule has 15 nitrogen and oxygen atoms in total. The number of aliphatic hydroxyl groups is 6. The molecule has 3 saturated heterocycles. The van der Waals surface area contributed by atoms with Crippen molar-refractivity contribution in [3.05, 3.63) is 47.7 Å². The van der Waals surface area contributed by atoms with E-state index in [9.17, 15) is 43.8 Å². The van der Waals surface area contributed by atoms with Crippen LogP contribution in [0.4, 0.5) is 13.2 Å². The van der Waals surface area contributed by atoms with E-state index >= 15 is 0 Å². The van der Waals surface area contributed by atoms with E-state index < -0.39 is 90.2 Å². The molecule has 3 fully saturated rings. The molecule has 252 valence electrons. The fourth-order valence-corrected chi connectivity index (χ4v) is 7.31. The molecule has 0 radical (unpaired) electrons. The molecule has 0 bridgehead atoms. The third-order valence-electron chi connectivity index (χ3n) is 8.53. The number of thioether (sulfide) groups is 1. The van der Waals surface area contributed by atoms with Gasteiger partial charge in [0.2, 0.25) is 0 Å². The summed E-state index contributed by atoms with van der Waals surface area (Å²) in [5.41, 5.74) is -2.12. The smallest absolute Gasteiger partial charge is 0.194 e. The Morgan fingerprint density at radius 3 is 1.83 bits per heavy atom. The van der Waals surface area contributed by atoms with E-state index in [0.717, 1.165) is 29.3 Å². The van der Waals surface area contributed by atoms with Crippen LogP contribution in [0.15, 0.2) is 24.5 Å². The van der Waals surface area contributed by atoms with Gasteiger partial charge >= 0.3 is 0 Å². The van der Waals surface area contributed by atoms with Gasteiger partial charge in [-0.3, -0.25) is 0 Å². The van der Waals surface area contributed by atoms with Crippen molar-refractivity contribution in [2.24, 2.45) is 0 Å². The molecule has 0 saturated carbocycles. The molecule has 5 unspecified atom stereocenters. The fourth-order valence-electron chi connectivity index (χ4n) is 5.99. The van der Waals surface area contributed by atoms with Crippen molar-refractivity contribution in [2.75, 3.05) is 26.4 Å². The first kappa shape index (κ1) is 33.2. The molecule has 0 aliphatic carbocycles. The number of aromatic nitrogens is 6. The van der Waals surface area contributed by atoms with E-state index in [4.69, 9.17) is 14.2 Å². The van der Waals surface area contributed by atoms with Gasteiger partial charge in [-0.2, -0.15) is 0 Å². The van der Waals surface area contributed by atoms with Crippen LogP contribution in [0.1, 0.15) is 36.5 Å². The van der Waals surface area contributed by atoms with Gasteiger partial charge in [-0.15, -0.1) is 10.2 Å². The molecular formula is C27H33F3N6O9S. The Morgan fingerprint density at radius 2 is 1.28 bits per heavy atom. The van der Waals surface area contributed by atoms with Crippen LogP contribution in [-0.4, -0.2) is 135 Å². The molecule has 5 heterocycles. The fraction of sp³-hybridized carbons (Fsp3) is 0.630. The number of rotatable bonds is 8. The molecule has 6 rings (SSSR count). The lowest BCUT2D eigenvalue weighted by Gasteiger charge is -2.46. The Bertz CT molecular complexity index is 1480. The van der Waals surface area contributed by atoms with E-state index in [1.807, 2.05) is 0 Å². The van der Waals surface area contributed by atoms with Gasteiger partial charge < -0.3 is 44.8 Å². The third-order valence-corrected chi connectivity index (χ3v) is 9.85. The average Bonchev–Trinajstić information content (AvgIpc) is 3.74. The lowest BCUT2D eigenvalue weighted by atomic mass is 9.96. The SMILES string of the molecule is OCC1O[C@@H](SC2O[C@H](CO)C(O)C(n3cc(C4CCOCC4)nn3)[C@H]2O)[C@@H](O)C(n2cc(-c3cc(F)c(F)c(F)c3)nn2)[C@H]1O. The summed E-state index contributed by atoms with van der Waals surface area (Å²) in [4.78, 5) is 0. The molecule has 3 aromatic rings. The average molecular weight is 675 g/mol. The molecule has 3 aliphatic heterocycles. The lowest BCUT2D eigenvalue weighted by molar-refractivity contribution is -0.189. The molecular weight excluding hydrogens is 641 g/mol. The maximum atomic E-state index is 13.8. The van der Waals surface area contributed by atoms with Crippen molar-refractivity contribution in [3.63, 3.8) is 0 Å². The summed E-state index contributed by atoms with van der Waals surface area (Å²) >= 11 is 0.771. The summed E-state index contributed by atoms with van der Waals surface area (Å²) < 4.78 is 60.5. The highest BCUT2D eigenvalue weighted by molar-refractivity contribution is 8.00. The van der Waals surface area contributed by atoms with Gasteiger partial charge in [-0.25, -0.2) is 22.5 Å². The van der Waals surface area contributed by atoms with Crippen LogP contribution in [0.25, 0.3) is 11.3 Å². The van der Waals surface area contributed by atoms with E-state index in [2.05, 4.69) is 20.6 Å². The predicted octanol–water partition coefficient (Wildman–Crippen LogP) is -0.758. The minimum atomic E-state index is -1.66. The zero-order chi connectivity index (χ0) is 32.7. The first-order valence-corrected chi connectivity index (χ1v) is 15.5. The van der Waals surface area contributed by atoms with Crippen LogP contribution in [0.5, 0.6) is 0 Å². The topological polar surface area (TPSA) is 210 Å². The highest BCUT2D eigenvalue weighted by Gasteiger charge is 2.51. The summed E-state index contributed by atoms with van der Waals surface area (Å²) in [6, 6.07) is -1.02. The highest BCUT2D eigenvalue weighted by atomic mass is 32.2. The van der Waals surface area contributed by atoms with Crippen LogP contribution >= 0.6 is 11.8 Å². The number of aliphatic hydroxyl groups excluding tert-OH is 6. The van der Waals surface area contributed by atoms with Gasteiger partial charge in [-0.05, 0) is 25.0 Å². The van der Waals surface area contributed by atoms with Gasteiger partial charge in [0, 0.05) is 30.9 Å². The molecule has 1 aromatic carbocycles. The largest absolute Gasteiger partial charge is 0.394 e. The van der Waals surface area contributed by atoms with Gasteiger partial charge in [-0.1, -0.05) is 22.2 Å². The summed E-state index contributed by atoms with van der Waals surface area (Å²) in [6.07, 6.45) is -4.20. The Labute approximate surface area is 263 Å². The molecule has 3 aliphatic rings. The molecule has 0 spiro atoms. The van der Waals surface area contributed by atoms with Crippen molar-refractivity contribution >= 4 is 11.8 Å². The van der Waals surface area contributed by atoms with Gasteiger partial charge in [0.15, 0.2) is 17.5 Å². The van der Waals surface area contributed by atoms with Crippen molar-refractivity contribution in [2.45, 2.75) is 78.3 Å². The van der Waals surface area contributed by atoms with E-state index in [0.29, 0.717) is 31.0 Å². The Balaban J connectivity index is 1.24. The summed E-state index contributed by atoms with van der Waals surface area (Å²) in [6.45, 7) is -0.179. The van der Waals surface area contributed by atoms with Crippen LogP contribution in [-0.2, 0) is 14.2 Å². The standard InChI is InChI=1S/C27H33F3N6O9S/c28-13-5-12(6-14(29)19(13)30)16-8-36(34-32-16)21-23(40)18(10-38)45-27(25(21)42)46-26-24(41)20(22(39)17(9-37)44-26)35-7-15(31-33-35)11-1-3-43-4-2-11/h5-8,11,17-18,20-27,37-42H,1-4,9-10H2/t17-,18?,20?,21?,22?,23+,24-,25+,26?,27+/m1/s1. The van der Waals surface area contributed by atoms with Crippen molar-refractivity contribution in [3.8, 4) is 11.3 Å². The van der Waals surface area contributed by atoms with Crippen LogP contribution in [0.2, 0.25) is 0 Å². The molecule has 46 heavy (non-hydrogen) atoms. The second-order valence-corrected chi connectivity index (χ2v) is 12.6. The van der Waals surface area contributed by atoms with Crippen LogP contribution < -0.4 is 0 Å². The monoisotopic (exact) mass is 674 g/mol. The first-order valence-electron chi connectivity index (χ1n) is 14.6. The minimum Gasteiger partial charge on any atom is -0.394 e. The number of hydrogen-bond donors (Lipinski definition) is 6. The maximum absolute atomic E-state index is 13.8. The molecule has 6 N–H and O–H groups in total. The highest BCUT2D eigenvalue weighted by Crippen LogP contribution is 2.42. The Morgan fingerprint density at radius 1 is 0.761 bits per heavy atom. The molecule has 2 aromatic heterocycles. The van der Waals surface area contributed by atoms with E-state index in [1.165, 1.54) is 10.9 Å². The van der Waals surface area contributed by atoms with Crippen LogP contribution in [0, 0.1) is 17.5 Å². The normalized spacial score (nSPS) is 34.2. The second-order valence-electron chi connectivity index (χ2n) is 11.4. The van der Waals surface area contributed by atoms with E-state index in [1.54, 1.807) is 6.20 Å². The summed E-state index contributed by atoms with van der Waals surface area (Å²) in [5, 5.41) is 80.8. The minimum absolute atomic E-state index is 0.0819. The number of ether oxygens (including phenoxy) is 3. The van der Waals surface area contributed by atoms with Crippen LogP contribution in [0.3, 0.4) is 0 Å².